The van der Waals surface area contributed by atoms with Gasteiger partial charge in [-0.05, 0) is 53.3 Å². The second-order valence-corrected chi connectivity index (χ2v) is 10.5. The van der Waals surface area contributed by atoms with E-state index in [1.807, 2.05) is 26.0 Å². The number of aromatic nitrogens is 4. The normalized spacial score (nSPS) is 13.5. The predicted octanol–water partition coefficient (Wildman–Crippen LogP) is 6.22. The Morgan fingerprint density at radius 3 is 2.45 bits per heavy atom. The summed E-state index contributed by atoms with van der Waals surface area (Å²) in [4.78, 5) is 9.51. The highest BCUT2D eigenvalue weighted by Gasteiger charge is 2.20. The summed E-state index contributed by atoms with van der Waals surface area (Å²) in [5.41, 5.74) is 3.40. The van der Waals surface area contributed by atoms with E-state index in [1.165, 1.54) is 12.1 Å². The fourth-order valence-electron chi connectivity index (χ4n) is 3.97. The molecule has 0 amide bonds. The molecular weight excluding hydrogens is 437 g/mol. The highest BCUT2D eigenvalue weighted by Crippen LogP contribution is 2.40. The molecule has 3 aromatic heterocycles. The Bertz CT molecular complexity index is 1600. The van der Waals surface area contributed by atoms with Crippen molar-refractivity contribution in [2.45, 2.75) is 24.7 Å². The smallest absolute Gasteiger partial charge is 0.170 e. The minimum atomic E-state index is -2.77. The molecule has 0 spiro atoms. The maximum atomic E-state index is 13.7. The number of hydrogen-bond donors (Lipinski definition) is 1. The second kappa shape index (κ2) is 8.04. The zero-order chi connectivity index (χ0) is 23.2. The van der Waals surface area contributed by atoms with E-state index in [9.17, 15) is 8.60 Å². The number of halogens is 1. The molecule has 0 aliphatic carbocycles. The van der Waals surface area contributed by atoms with Crippen molar-refractivity contribution in [1.82, 2.24) is 20.2 Å². The van der Waals surface area contributed by atoms with E-state index in [0.29, 0.717) is 10.7 Å². The van der Waals surface area contributed by atoms with Gasteiger partial charge in [0.05, 0.1) is 32.0 Å². The van der Waals surface area contributed by atoms with Crippen LogP contribution >= 0.6 is 0 Å². The molecular formula is C25H22FN5OS. The molecule has 166 valence electrons. The largest absolute Gasteiger partial charge is 0.278 e. The molecule has 0 radical (unpaired) electrons. The number of H-pyrrole nitrogens is 1. The van der Waals surface area contributed by atoms with Gasteiger partial charge in [-0.25, -0.2) is 13.6 Å². The van der Waals surface area contributed by atoms with Gasteiger partial charge in [-0.3, -0.25) is 10.1 Å². The third kappa shape index (κ3) is 3.87. The van der Waals surface area contributed by atoms with Crippen LogP contribution in [0.4, 0.5) is 10.2 Å². The number of nitrogens with zero attached hydrogens (tertiary/aromatic N) is 4. The Morgan fingerprint density at radius 2 is 1.76 bits per heavy atom. The summed E-state index contributed by atoms with van der Waals surface area (Å²) in [7, 11) is -2.77. The molecule has 0 aliphatic rings. The van der Waals surface area contributed by atoms with Gasteiger partial charge < -0.3 is 0 Å². The van der Waals surface area contributed by atoms with Crippen molar-refractivity contribution in [1.29, 1.82) is 0 Å². The van der Waals surface area contributed by atoms with Crippen LogP contribution in [0.25, 0.3) is 32.8 Å². The Hall–Kier alpha value is -3.65. The van der Waals surface area contributed by atoms with Crippen LogP contribution in [-0.4, -0.2) is 30.6 Å². The first-order valence-corrected chi connectivity index (χ1v) is 12.4. The van der Waals surface area contributed by atoms with E-state index in [-0.39, 0.29) is 11.7 Å². The standard InChI is InChI=1S/C25H22FN5OS/c1-15(2)24-23(16-4-6-18(26)7-5-16)20-12-17-14-28-30-22(17)13-21(20)25(29-24)31-33(3,32)19-8-10-27-11-9-19/h4-15H,1-3H3,(H,28,30). The van der Waals surface area contributed by atoms with Gasteiger partial charge >= 0.3 is 0 Å². The Labute approximate surface area is 191 Å². The maximum absolute atomic E-state index is 13.7. The van der Waals surface area contributed by atoms with E-state index in [4.69, 9.17) is 4.98 Å². The quantitative estimate of drug-likeness (QED) is 0.346. The first-order valence-electron chi connectivity index (χ1n) is 10.5. The summed E-state index contributed by atoms with van der Waals surface area (Å²) >= 11 is 0. The lowest BCUT2D eigenvalue weighted by atomic mass is 9.92. The summed E-state index contributed by atoms with van der Waals surface area (Å²) < 4.78 is 31.9. The van der Waals surface area contributed by atoms with Crippen molar-refractivity contribution in [2.24, 2.45) is 4.36 Å². The van der Waals surface area contributed by atoms with Crippen LogP contribution in [0.1, 0.15) is 25.5 Å². The third-order valence-electron chi connectivity index (χ3n) is 5.60. The predicted molar refractivity (Wildman–Crippen MR) is 130 cm³/mol. The summed E-state index contributed by atoms with van der Waals surface area (Å²) in [5, 5.41) is 9.73. The number of pyridine rings is 2. The fourth-order valence-corrected chi connectivity index (χ4v) is 5.17. The van der Waals surface area contributed by atoms with Gasteiger partial charge in [-0.15, -0.1) is 0 Å². The summed E-state index contributed by atoms with van der Waals surface area (Å²) in [6.45, 7) is 4.10. The van der Waals surface area contributed by atoms with Gasteiger partial charge in [0.1, 0.15) is 5.82 Å². The van der Waals surface area contributed by atoms with Crippen molar-refractivity contribution in [3.05, 3.63) is 78.6 Å². The Morgan fingerprint density at radius 1 is 1.03 bits per heavy atom. The SMILES string of the molecule is CC(C)c1nc(N=S(C)(=O)c2ccncc2)c2cc3[nH]ncc3cc2c1-c1ccc(F)cc1. The van der Waals surface area contributed by atoms with Crippen LogP contribution in [0.15, 0.2) is 76.4 Å². The number of rotatable bonds is 4. The lowest BCUT2D eigenvalue weighted by Gasteiger charge is -2.17. The number of fused-ring (bicyclic) bond motifs is 2. The number of hydrogen-bond acceptors (Lipinski definition) is 5. The van der Waals surface area contributed by atoms with Gasteiger partial charge in [-0.2, -0.15) is 9.46 Å². The molecule has 3 heterocycles. The molecule has 0 aliphatic heterocycles. The molecule has 2 aromatic carbocycles. The van der Waals surface area contributed by atoms with Crippen LogP contribution in [0.3, 0.4) is 0 Å². The summed E-state index contributed by atoms with van der Waals surface area (Å²) in [5.74, 6) is 0.159. The maximum Gasteiger partial charge on any atom is 0.170 e. The van der Waals surface area contributed by atoms with Crippen molar-refractivity contribution in [2.75, 3.05) is 6.26 Å². The van der Waals surface area contributed by atoms with Crippen LogP contribution < -0.4 is 0 Å². The number of benzene rings is 2. The molecule has 0 bridgehead atoms. The molecule has 0 saturated carbocycles. The van der Waals surface area contributed by atoms with Crippen LogP contribution in [0.2, 0.25) is 0 Å². The lowest BCUT2D eigenvalue weighted by Crippen LogP contribution is -2.02. The monoisotopic (exact) mass is 459 g/mol. The summed E-state index contributed by atoms with van der Waals surface area (Å²) in [6.07, 6.45) is 6.57. The van der Waals surface area contributed by atoms with E-state index in [0.717, 1.165) is 38.5 Å². The van der Waals surface area contributed by atoms with Gasteiger partial charge in [0.25, 0.3) is 0 Å². The minimum absolute atomic E-state index is 0.0530. The molecule has 6 nitrogen and oxygen atoms in total. The van der Waals surface area contributed by atoms with Crippen molar-refractivity contribution < 1.29 is 8.60 Å². The number of aromatic amines is 1. The molecule has 5 aromatic rings. The molecule has 1 N–H and O–H groups in total. The Balaban J connectivity index is 1.90. The van der Waals surface area contributed by atoms with Crippen molar-refractivity contribution in [3.63, 3.8) is 0 Å². The zero-order valence-electron chi connectivity index (χ0n) is 18.4. The van der Waals surface area contributed by atoms with Gasteiger partial charge in [-0.1, -0.05) is 26.0 Å². The molecule has 8 heteroatoms. The summed E-state index contributed by atoms with van der Waals surface area (Å²) in [6, 6.07) is 13.8. The first-order chi connectivity index (χ1) is 15.8. The average molecular weight is 460 g/mol. The third-order valence-corrected chi connectivity index (χ3v) is 7.27. The van der Waals surface area contributed by atoms with E-state index in [2.05, 4.69) is 19.5 Å². The van der Waals surface area contributed by atoms with Crippen molar-refractivity contribution >= 4 is 37.2 Å². The highest BCUT2D eigenvalue weighted by atomic mass is 32.2. The molecule has 1 atom stereocenters. The van der Waals surface area contributed by atoms with Gasteiger partial charge in [0.2, 0.25) is 0 Å². The van der Waals surface area contributed by atoms with Gasteiger partial charge in [0, 0.05) is 35.0 Å². The molecule has 1 unspecified atom stereocenters. The van der Waals surface area contributed by atoms with E-state index in [1.54, 1.807) is 49.1 Å². The van der Waals surface area contributed by atoms with Crippen LogP contribution in [0, 0.1) is 5.82 Å². The molecule has 5 rings (SSSR count). The average Bonchev–Trinajstić information content (AvgIpc) is 3.26. The molecule has 0 fully saturated rings. The van der Waals surface area contributed by atoms with E-state index < -0.39 is 9.73 Å². The van der Waals surface area contributed by atoms with Crippen LogP contribution in [-0.2, 0) is 9.73 Å². The molecule has 0 saturated heterocycles. The number of nitrogens with one attached hydrogen (secondary N) is 1. The van der Waals surface area contributed by atoms with Gasteiger partial charge in [0.15, 0.2) is 5.82 Å². The Kier molecular flexibility index (Phi) is 5.17. The highest BCUT2D eigenvalue weighted by molar-refractivity contribution is 7.93. The lowest BCUT2D eigenvalue weighted by molar-refractivity contribution is 0.628. The fraction of sp³-hybridized carbons (Fsp3) is 0.160. The first kappa shape index (κ1) is 21.2. The van der Waals surface area contributed by atoms with E-state index >= 15 is 0 Å². The second-order valence-electron chi connectivity index (χ2n) is 8.29. The zero-order valence-corrected chi connectivity index (χ0v) is 19.2. The van der Waals surface area contributed by atoms with Crippen LogP contribution in [0.5, 0.6) is 0 Å². The van der Waals surface area contributed by atoms with Crippen molar-refractivity contribution in [3.8, 4) is 11.1 Å². The topological polar surface area (TPSA) is 83.9 Å². The molecule has 33 heavy (non-hydrogen) atoms. The minimum Gasteiger partial charge on any atom is -0.278 e.